The number of hydrogen-bond acceptors (Lipinski definition) is 7. The average molecular weight is 341 g/mol. The maximum absolute atomic E-state index is 5.85. The number of morpholine rings is 1. The maximum Gasteiger partial charge on any atom is 0.324 e. The molecule has 1 aromatic carbocycles. The van der Waals surface area contributed by atoms with Crippen LogP contribution in [0.4, 0.5) is 6.01 Å². The second-order valence-electron chi connectivity index (χ2n) is 5.89. The smallest absolute Gasteiger partial charge is 0.324 e. The number of ether oxygens (including phenoxy) is 2. The Kier molecular flexibility index (Phi) is 4.10. The van der Waals surface area contributed by atoms with E-state index in [1.54, 1.807) is 11.8 Å². The zero-order valence-electron chi connectivity index (χ0n) is 14.1. The molecule has 1 aliphatic heterocycles. The first-order valence-electron chi connectivity index (χ1n) is 8.06. The Labute approximate surface area is 145 Å². The van der Waals surface area contributed by atoms with Gasteiger partial charge in [0.2, 0.25) is 5.82 Å². The Balaban J connectivity index is 1.53. The summed E-state index contributed by atoms with van der Waals surface area (Å²) in [6.45, 7) is 1.94. The summed E-state index contributed by atoms with van der Waals surface area (Å²) in [7, 11) is 3.52. The third kappa shape index (κ3) is 3.20. The van der Waals surface area contributed by atoms with Crippen molar-refractivity contribution >= 4 is 6.01 Å². The lowest BCUT2D eigenvalue weighted by molar-refractivity contribution is 0.0376. The predicted molar refractivity (Wildman–Crippen MR) is 90.4 cm³/mol. The van der Waals surface area contributed by atoms with E-state index < -0.39 is 0 Å². The molecule has 1 aliphatic rings. The van der Waals surface area contributed by atoms with Gasteiger partial charge in [-0.3, -0.25) is 4.68 Å². The molecule has 0 N–H and O–H groups in total. The zero-order valence-corrected chi connectivity index (χ0v) is 14.1. The van der Waals surface area contributed by atoms with Crippen molar-refractivity contribution in [3.05, 3.63) is 42.2 Å². The molecule has 0 saturated carbocycles. The van der Waals surface area contributed by atoms with Crippen LogP contribution < -0.4 is 9.64 Å². The fourth-order valence-corrected chi connectivity index (χ4v) is 2.85. The lowest BCUT2D eigenvalue weighted by atomic mass is 10.1. The van der Waals surface area contributed by atoms with Crippen LogP contribution in [0.15, 0.2) is 41.2 Å². The van der Waals surface area contributed by atoms with Gasteiger partial charge in [0.25, 0.3) is 0 Å². The molecule has 2 aromatic heterocycles. The van der Waals surface area contributed by atoms with Crippen LogP contribution in [0.25, 0.3) is 11.4 Å². The predicted octanol–water partition coefficient (Wildman–Crippen LogP) is 2.06. The maximum atomic E-state index is 5.85. The van der Waals surface area contributed by atoms with E-state index in [-0.39, 0.29) is 6.10 Å². The highest BCUT2D eigenvalue weighted by atomic mass is 16.5. The number of rotatable bonds is 4. The molecule has 1 atom stereocenters. The molecule has 1 fully saturated rings. The first-order valence-corrected chi connectivity index (χ1v) is 8.06. The van der Waals surface area contributed by atoms with E-state index in [4.69, 9.17) is 14.0 Å². The van der Waals surface area contributed by atoms with Gasteiger partial charge < -0.3 is 18.9 Å². The van der Waals surface area contributed by atoms with Crippen molar-refractivity contribution in [2.75, 3.05) is 31.7 Å². The average Bonchev–Trinajstić information content (AvgIpc) is 3.31. The topological polar surface area (TPSA) is 78.4 Å². The zero-order chi connectivity index (χ0) is 17.2. The lowest BCUT2D eigenvalue weighted by Gasteiger charge is -2.30. The van der Waals surface area contributed by atoms with Gasteiger partial charge in [-0.15, -0.1) is 0 Å². The summed E-state index contributed by atoms with van der Waals surface area (Å²) < 4.78 is 18.3. The minimum absolute atomic E-state index is 0.0605. The van der Waals surface area contributed by atoms with Crippen LogP contribution in [0.3, 0.4) is 0 Å². The molecule has 4 rings (SSSR count). The van der Waals surface area contributed by atoms with Gasteiger partial charge >= 0.3 is 6.01 Å². The summed E-state index contributed by atoms with van der Waals surface area (Å²) in [5.74, 6) is 1.30. The second-order valence-corrected chi connectivity index (χ2v) is 5.89. The molecule has 8 heteroatoms. The number of aryl methyl sites for hydroxylation is 1. The van der Waals surface area contributed by atoms with Crippen LogP contribution in [-0.2, 0) is 11.8 Å². The van der Waals surface area contributed by atoms with Crippen LogP contribution in [0.2, 0.25) is 0 Å². The van der Waals surface area contributed by atoms with Gasteiger partial charge in [-0.05, 0) is 12.1 Å². The highest BCUT2D eigenvalue weighted by Crippen LogP contribution is 2.27. The van der Waals surface area contributed by atoms with E-state index >= 15 is 0 Å². The van der Waals surface area contributed by atoms with Crippen LogP contribution in [0, 0.1) is 0 Å². The Bertz CT molecular complexity index is 859. The van der Waals surface area contributed by atoms with E-state index in [1.165, 1.54) is 0 Å². The summed E-state index contributed by atoms with van der Waals surface area (Å²) in [4.78, 5) is 6.57. The normalized spacial score (nSPS) is 17.7. The minimum Gasteiger partial charge on any atom is -0.497 e. The van der Waals surface area contributed by atoms with Gasteiger partial charge in [-0.25, -0.2) is 0 Å². The number of anilines is 1. The first-order chi connectivity index (χ1) is 12.2. The van der Waals surface area contributed by atoms with Crippen LogP contribution in [0.1, 0.15) is 11.7 Å². The van der Waals surface area contributed by atoms with E-state index in [0.717, 1.165) is 16.9 Å². The molecular weight excluding hydrogens is 322 g/mol. The van der Waals surface area contributed by atoms with Crippen molar-refractivity contribution < 1.29 is 14.0 Å². The molecule has 0 amide bonds. The molecule has 8 nitrogen and oxygen atoms in total. The molecular formula is C17H19N5O3. The van der Waals surface area contributed by atoms with Crippen molar-refractivity contribution in [2.45, 2.75) is 6.10 Å². The van der Waals surface area contributed by atoms with Gasteiger partial charge in [-0.1, -0.05) is 17.3 Å². The molecule has 0 aliphatic carbocycles. The molecule has 3 aromatic rings. The molecule has 0 radical (unpaired) electrons. The highest BCUT2D eigenvalue weighted by molar-refractivity contribution is 5.58. The summed E-state index contributed by atoms with van der Waals surface area (Å²) in [6, 6.07) is 8.08. The summed E-state index contributed by atoms with van der Waals surface area (Å²) in [5, 5.41) is 8.30. The Morgan fingerprint density at radius 3 is 3.04 bits per heavy atom. The fourth-order valence-electron chi connectivity index (χ4n) is 2.85. The van der Waals surface area contributed by atoms with Crippen LogP contribution in [-0.4, -0.2) is 46.7 Å². The standard InChI is InChI=1S/C17H19N5O3/c1-21-10-13(9-18-21)15-11-22(6-7-24-15)17-19-16(20-25-17)12-4-3-5-14(8-12)23-2/h3-5,8-10,15H,6-7,11H2,1-2H3/t15-/m1/s1. The van der Waals surface area contributed by atoms with Gasteiger partial charge in [0.15, 0.2) is 0 Å². The largest absolute Gasteiger partial charge is 0.497 e. The Morgan fingerprint density at radius 2 is 2.24 bits per heavy atom. The van der Waals surface area contributed by atoms with Crippen molar-refractivity contribution in [3.8, 4) is 17.1 Å². The number of methoxy groups -OCH3 is 1. The Hall–Kier alpha value is -2.87. The third-order valence-electron chi connectivity index (χ3n) is 4.18. The van der Waals surface area contributed by atoms with Gasteiger partial charge in [-0.2, -0.15) is 10.1 Å². The first kappa shape index (κ1) is 15.6. The van der Waals surface area contributed by atoms with Gasteiger partial charge in [0, 0.05) is 30.9 Å². The van der Waals surface area contributed by atoms with Gasteiger partial charge in [0.1, 0.15) is 11.9 Å². The van der Waals surface area contributed by atoms with Crippen molar-refractivity contribution in [1.29, 1.82) is 0 Å². The monoisotopic (exact) mass is 341 g/mol. The number of hydrogen-bond donors (Lipinski definition) is 0. The SMILES string of the molecule is COc1cccc(-c2noc(N3CCO[C@@H](c4cnn(C)c4)C3)n2)c1. The van der Waals surface area contributed by atoms with Crippen molar-refractivity contribution in [3.63, 3.8) is 0 Å². The third-order valence-corrected chi connectivity index (χ3v) is 4.18. The van der Waals surface area contributed by atoms with Crippen LogP contribution >= 0.6 is 0 Å². The summed E-state index contributed by atoms with van der Waals surface area (Å²) >= 11 is 0. The Morgan fingerprint density at radius 1 is 1.32 bits per heavy atom. The van der Waals surface area contributed by atoms with Crippen molar-refractivity contribution in [2.24, 2.45) is 7.05 Å². The van der Waals surface area contributed by atoms with Crippen molar-refractivity contribution in [1.82, 2.24) is 19.9 Å². The molecule has 1 saturated heterocycles. The quantitative estimate of drug-likeness (QED) is 0.718. The minimum atomic E-state index is -0.0605. The molecule has 3 heterocycles. The molecule has 0 unspecified atom stereocenters. The molecule has 0 spiro atoms. The molecule has 25 heavy (non-hydrogen) atoms. The van der Waals surface area contributed by atoms with E-state index in [2.05, 4.69) is 15.2 Å². The molecule has 130 valence electrons. The second kappa shape index (κ2) is 6.56. The number of benzene rings is 1. The highest BCUT2D eigenvalue weighted by Gasteiger charge is 2.26. The fraction of sp³-hybridized carbons (Fsp3) is 0.353. The van der Waals surface area contributed by atoms with Gasteiger partial charge in [0.05, 0.1) is 26.5 Å². The lowest BCUT2D eigenvalue weighted by Crippen LogP contribution is -2.38. The van der Waals surface area contributed by atoms with E-state index in [9.17, 15) is 0 Å². The summed E-state index contributed by atoms with van der Waals surface area (Å²) in [6.07, 6.45) is 3.72. The van der Waals surface area contributed by atoms with E-state index in [1.807, 2.05) is 48.6 Å². The number of aromatic nitrogens is 4. The number of nitrogens with zero attached hydrogens (tertiary/aromatic N) is 5. The van der Waals surface area contributed by atoms with E-state index in [0.29, 0.717) is 31.5 Å². The summed E-state index contributed by atoms with van der Waals surface area (Å²) in [5.41, 5.74) is 1.89. The van der Waals surface area contributed by atoms with Crippen LogP contribution in [0.5, 0.6) is 5.75 Å². The molecule has 0 bridgehead atoms.